The molecule has 1 fully saturated rings. The first kappa shape index (κ1) is 22.7. The minimum absolute atomic E-state index is 0.0574. The number of imidazole rings is 2. The molecular formula is C20H25N5O5S. The molecule has 1 aromatic carbocycles. The average molecular weight is 448 g/mol. The summed E-state index contributed by atoms with van der Waals surface area (Å²) in [5.41, 5.74) is 1.98. The van der Waals surface area contributed by atoms with Crippen molar-refractivity contribution in [3.8, 4) is 17.1 Å². The summed E-state index contributed by atoms with van der Waals surface area (Å²) in [7, 11) is -0.183. The van der Waals surface area contributed by atoms with Gasteiger partial charge in [-0.15, -0.1) is 0 Å². The topological polar surface area (TPSA) is 120 Å². The third-order valence-corrected chi connectivity index (χ3v) is 7.06. The fourth-order valence-electron chi connectivity index (χ4n) is 3.47. The minimum atomic E-state index is -3.30. The predicted molar refractivity (Wildman–Crippen MR) is 114 cm³/mol. The summed E-state index contributed by atoms with van der Waals surface area (Å²) < 4.78 is 35.6. The van der Waals surface area contributed by atoms with Gasteiger partial charge in [-0.25, -0.2) is 22.7 Å². The van der Waals surface area contributed by atoms with Gasteiger partial charge in [-0.05, 0) is 24.3 Å². The van der Waals surface area contributed by atoms with Gasteiger partial charge >= 0.3 is 0 Å². The summed E-state index contributed by atoms with van der Waals surface area (Å²) in [6.07, 6.45) is 9.02. The van der Waals surface area contributed by atoms with Gasteiger partial charge in [0.25, 0.3) is 6.47 Å². The van der Waals surface area contributed by atoms with Crippen LogP contribution in [-0.4, -0.2) is 76.5 Å². The molecule has 3 aromatic rings. The second kappa shape index (κ2) is 9.86. The minimum Gasteiger partial charge on any atom is -0.483 e. The summed E-state index contributed by atoms with van der Waals surface area (Å²) >= 11 is 0. The lowest BCUT2D eigenvalue weighted by molar-refractivity contribution is -0.122. The van der Waals surface area contributed by atoms with Crippen molar-refractivity contribution in [3.63, 3.8) is 0 Å². The Labute approximate surface area is 180 Å². The SMILES string of the molecule is CN(C)S(=O)(=O)C[C@@H]1COC[C@H]1n1ccnc1-c1ccc(-n2ccnc2)cc1.O=CO. The summed E-state index contributed by atoms with van der Waals surface area (Å²) in [6.45, 7) is 0.652. The fourth-order valence-corrected chi connectivity index (χ4v) is 4.63. The van der Waals surface area contributed by atoms with Gasteiger partial charge in [0.1, 0.15) is 5.82 Å². The maximum Gasteiger partial charge on any atom is 0.290 e. The fraction of sp³-hybridized carbons (Fsp3) is 0.350. The Kier molecular flexibility index (Phi) is 7.21. The Bertz CT molecular complexity index is 1080. The van der Waals surface area contributed by atoms with Crippen molar-refractivity contribution in [3.05, 3.63) is 55.4 Å². The number of carbonyl (C=O) groups is 1. The molecule has 1 saturated heterocycles. The predicted octanol–water partition coefficient (Wildman–Crippen LogP) is 1.52. The third-order valence-electron chi connectivity index (χ3n) is 5.10. The smallest absolute Gasteiger partial charge is 0.290 e. The number of carboxylic acid groups (broad SMARTS) is 1. The van der Waals surface area contributed by atoms with Crippen LogP contribution in [0.15, 0.2) is 55.4 Å². The van der Waals surface area contributed by atoms with Crippen LogP contribution in [0.3, 0.4) is 0 Å². The lowest BCUT2D eigenvalue weighted by atomic mass is 10.1. The highest BCUT2D eigenvalue weighted by Gasteiger charge is 2.35. The van der Waals surface area contributed by atoms with Crippen LogP contribution in [0.4, 0.5) is 0 Å². The first-order valence-electron chi connectivity index (χ1n) is 9.54. The summed E-state index contributed by atoms with van der Waals surface area (Å²) in [5.74, 6) is 0.743. The Morgan fingerprint density at radius 1 is 1.19 bits per heavy atom. The number of hydrogen-bond donors (Lipinski definition) is 1. The molecule has 1 aliphatic heterocycles. The van der Waals surface area contributed by atoms with E-state index in [9.17, 15) is 8.42 Å². The van der Waals surface area contributed by atoms with E-state index in [1.54, 1.807) is 32.8 Å². The molecule has 1 aliphatic rings. The molecule has 0 saturated carbocycles. The highest BCUT2D eigenvalue weighted by atomic mass is 32.2. The highest BCUT2D eigenvalue weighted by Crippen LogP contribution is 2.32. The molecule has 2 aromatic heterocycles. The lowest BCUT2D eigenvalue weighted by Crippen LogP contribution is -2.32. The number of aromatic nitrogens is 4. The van der Waals surface area contributed by atoms with Crippen molar-refractivity contribution in [2.24, 2.45) is 5.92 Å². The number of hydrogen-bond acceptors (Lipinski definition) is 6. The van der Waals surface area contributed by atoms with E-state index in [1.165, 1.54) is 4.31 Å². The van der Waals surface area contributed by atoms with E-state index in [1.807, 2.05) is 45.8 Å². The number of rotatable bonds is 6. The highest BCUT2D eigenvalue weighted by molar-refractivity contribution is 7.89. The van der Waals surface area contributed by atoms with Crippen molar-refractivity contribution in [1.82, 2.24) is 23.4 Å². The number of nitrogens with zero attached hydrogens (tertiary/aromatic N) is 5. The van der Waals surface area contributed by atoms with Crippen LogP contribution in [-0.2, 0) is 19.6 Å². The Balaban J connectivity index is 0.000000858. The standard InChI is InChI=1S/C19H23N5O3S.CH2O2/c1-22(2)28(25,26)13-16-11-27-12-18(16)24-10-8-21-19(24)15-3-5-17(6-4-15)23-9-7-20-14-23;2-1-3/h3-10,14,16,18H,11-13H2,1-2H3;1H,(H,2,3)/t16-,18+;/m0./s1. The van der Waals surface area contributed by atoms with Crippen molar-refractivity contribution in [1.29, 1.82) is 0 Å². The summed E-state index contributed by atoms with van der Waals surface area (Å²) in [6, 6.07) is 7.97. The van der Waals surface area contributed by atoms with Crippen molar-refractivity contribution >= 4 is 16.5 Å². The molecule has 2 atom stereocenters. The van der Waals surface area contributed by atoms with Gasteiger partial charge in [-0.3, -0.25) is 4.79 Å². The van der Waals surface area contributed by atoms with Gasteiger partial charge in [-0.1, -0.05) is 0 Å². The maximum absolute atomic E-state index is 12.3. The molecular weight excluding hydrogens is 422 g/mol. The molecule has 10 nitrogen and oxygen atoms in total. The number of ether oxygens (including phenoxy) is 1. The van der Waals surface area contributed by atoms with Crippen LogP contribution in [0.2, 0.25) is 0 Å². The molecule has 0 bridgehead atoms. The van der Waals surface area contributed by atoms with Crippen LogP contribution in [0.1, 0.15) is 6.04 Å². The zero-order chi connectivity index (χ0) is 22.4. The van der Waals surface area contributed by atoms with E-state index in [4.69, 9.17) is 14.6 Å². The van der Waals surface area contributed by atoms with Gasteiger partial charge in [0, 0.05) is 56.1 Å². The van der Waals surface area contributed by atoms with Crippen molar-refractivity contribution in [2.75, 3.05) is 33.1 Å². The second-order valence-corrected chi connectivity index (χ2v) is 9.43. The van der Waals surface area contributed by atoms with E-state index in [2.05, 4.69) is 9.97 Å². The van der Waals surface area contributed by atoms with Crippen LogP contribution < -0.4 is 0 Å². The molecule has 0 unspecified atom stereocenters. The van der Waals surface area contributed by atoms with E-state index in [0.717, 1.165) is 17.1 Å². The Morgan fingerprint density at radius 3 is 2.52 bits per heavy atom. The maximum atomic E-state index is 12.3. The number of benzene rings is 1. The van der Waals surface area contributed by atoms with Gasteiger partial charge in [0.05, 0.1) is 31.3 Å². The van der Waals surface area contributed by atoms with Gasteiger partial charge in [-0.2, -0.15) is 0 Å². The Morgan fingerprint density at radius 2 is 1.90 bits per heavy atom. The van der Waals surface area contributed by atoms with E-state index in [0.29, 0.717) is 13.2 Å². The third kappa shape index (κ3) is 5.19. The molecule has 1 N–H and O–H groups in total. The Hall–Kier alpha value is -3.02. The molecule has 31 heavy (non-hydrogen) atoms. The van der Waals surface area contributed by atoms with E-state index < -0.39 is 10.0 Å². The largest absolute Gasteiger partial charge is 0.483 e. The van der Waals surface area contributed by atoms with Crippen LogP contribution in [0, 0.1) is 5.92 Å². The molecule has 0 aliphatic carbocycles. The van der Waals surface area contributed by atoms with Gasteiger partial charge in [0.2, 0.25) is 10.0 Å². The zero-order valence-electron chi connectivity index (χ0n) is 17.3. The lowest BCUT2D eigenvalue weighted by Gasteiger charge is -2.22. The van der Waals surface area contributed by atoms with Crippen LogP contribution in [0.5, 0.6) is 0 Å². The molecule has 0 radical (unpaired) electrons. The normalized spacial score (nSPS) is 18.5. The monoisotopic (exact) mass is 447 g/mol. The van der Waals surface area contributed by atoms with Crippen molar-refractivity contribution in [2.45, 2.75) is 6.04 Å². The first-order valence-corrected chi connectivity index (χ1v) is 11.2. The van der Waals surface area contributed by atoms with Crippen molar-refractivity contribution < 1.29 is 23.1 Å². The quantitative estimate of drug-likeness (QED) is 0.569. The first-order chi connectivity index (χ1) is 14.9. The average Bonchev–Trinajstić information content (AvgIpc) is 3.50. The van der Waals surface area contributed by atoms with E-state index >= 15 is 0 Å². The van der Waals surface area contributed by atoms with E-state index in [-0.39, 0.29) is 24.2 Å². The van der Waals surface area contributed by atoms with Crippen LogP contribution >= 0.6 is 0 Å². The van der Waals surface area contributed by atoms with Crippen LogP contribution in [0.25, 0.3) is 17.1 Å². The zero-order valence-corrected chi connectivity index (χ0v) is 18.1. The van der Waals surface area contributed by atoms with Gasteiger partial charge < -0.3 is 19.0 Å². The molecule has 3 heterocycles. The summed E-state index contributed by atoms with van der Waals surface area (Å²) in [5, 5.41) is 6.89. The molecule has 0 amide bonds. The molecule has 11 heteroatoms. The molecule has 4 rings (SSSR count). The number of sulfonamides is 1. The van der Waals surface area contributed by atoms with Gasteiger partial charge in [0.15, 0.2) is 0 Å². The molecule has 166 valence electrons. The second-order valence-electron chi connectivity index (χ2n) is 7.21. The summed E-state index contributed by atoms with van der Waals surface area (Å²) in [4.78, 5) is 16.9. The molecule has 0 spiro atoms.